The minimum absolute atomic E-state index is 0.00175. The van der Waals surface area contributed by atoms with Gasteiger partial charge in [-0.05, 0) is 30.3 Å². The van der Waals surface area contributed by atoms with E-state index < -0.39 is 6.10 Å². The lowest BCUT2D eigenvalue weighted by Gasteiger charge is -2.40. The summed E-state index contributed by atoms with van der Waals surface area (Å²) >= 11 is 0. The van der Waals surface area contributed by atoms with E-state index >= 15 is 0 Å². The SMILES string of the molecule is C=CC(=O)NCC1(C)CCN(C(=O)[C@H](O)C(C)C)CC1. The summed E-state index contributed by atoms with van der Waals surface area (Å²) in [6.07, 6.45) is 1.99. The number of amides is 2. The van der Waals surface area contributed by atoms with Crippen molar-refractivity contribution in [2.24, 2.45) is 11.3 Å². The average Bonchev–Trinajstić information content (AvgIpc) is 2.44. The number of likely N-dealkylation sites (tertiary alicyclic amines) is 1. The fourth-order valence-corrected chi connectivity index (χ4v) is 2.29. The predicted molar refractivity (Wildman–Crippen MR) is 78.0 cm³/mol. The van der Waals surface area contributed by atoms with E-state index in [1.54, 1.807) is 4.90 Å². The normalized spacial score (nSPS) is 19.6. The molecule has 1 heterocycles. The first-order valence-electron chi connectivity index (χ1n) is 7.16. The molecule has 0 spiro atoms. The fraction of sp³-hybridized carbons (Fsp3) is 0.733. The minimum atomic E-state index is -0.917. The van der Waals surface area contributed by atoms with E-state index in [-0.39, 0.29) is 23.1 Å². The number of hydrogen-bond donors (Lipinski definition) is 2. The molecule has 0 saturated carbocycles. The van der Waals surface area contributed by atoms with E-state index in [1.165, 1.54) is 6.08 Å². The standard InChI is InChI=1S/C15H26N2O3/c1-5-12(18)16-10-15(4)6-8-17(9-7-15)14(20)13(19)11(2)3/h5,11,13,19H,1,6-10H2,2-4H3,(H,16,18)/t13-/m1/s1. The second kappa shape index (κ2) is 6.88. The van der Waals surface area contributed by atoms with Crippen molar-refractivity contribution >= 4 is 11.8 Å². The Labute approximate surface area is 121 Å². The molecule has 0 aromatic carbocycles. The molecule has 2 amide bonds. The molecule has 0 bridgehead atoms. The van der Waals surface area contributed by atoms with E-state index in [2.05, 4.69) is 18.8 Å². The Morgan fingerprint density at radius 3 is 2.40 bits per heavy atom. The van der Waals surface area contributed by atoms with Crippen LogP contribution in [0.25, 0.3) is 0 Å². The van der Waals surface area contributed by atoms with E-state index in [4.69, 9.17) is 0 Å². The van der Waals surface area contributed by atoms with Crippen LogP contribution in [0.15, 0.2) is 12.7 Å². The Bertz CT molecular complexity index is 371. The smallest absolute Gasteiger partial charge is 0.251 e. The highest BCUT2D eigenvalue weighted by atomic mass is 16.3. The largest absolute Gasteiger partial charge is 0.383 e. The van der Waals surface area contributed by atoms with Gasteiger partial charge in [-0.25, -0.2) is 0 Å². The van der Waals surface area contributed by atoms with Gasteiger partial charge in [0.2, 0.25) is 5.91 Å². The van der Waals surface area contributed by atoms with Gasteiger partial charge in [-0.1, -0.05) is 27.4 Å². The Morgan fingerprint density at radius 1 is 1.40 bits per heavy atom. The molecule has 0 aromatic rings. The van der Waals surface area contributed by atoms with Crippen molar-refractivity contribution in [2.45, 2.75) is 39.7 Å². The molecule has 1 aliphatic rings. The Morgan fingerprint density at radius 2 is 1.95 bits per heavy atom. The molecule has 1 fully saturated rings. The molecule has 1 aliphatic heterocycles. The molecule has 20 heavy (non-hydrogen) atoms. The van der Waals surface area contributed by atoms with Gasteiger partial charge >= 0.3 is 0 Å². The van der Waals surface area contributed by atoms with Crippen LogP contribution in [0.3, 0.4) is 0 Å². The molecule has 0 aromatic heterocycles. The molecule has 114 valence electrons. The van der Waals surface area contributed by atoms with Crippen LogP contribution in [0.1, 0.15) is 33.6 Å². The predicted octanol–water partition coefficient (Wildman–Crippen LogP) is 0.934. The van der Waals surface area contributed by atoms with Crippen LogP contribution in [0.2, 0.25) is 0 Å². The van der Waals surface area contributed by atoms with Crippen LogP contribution in [0.5, 0.6) is 0 Å². The van der Waals surface area contributed by atoms with Crippen LogP contribution in [0, 0.1) is 11.3 Å². The fourth-order valence-electron chi connectivity index (χ4n) is 2.29. The summed E-state index contributed by atoms with van der Waals surface area (Å²) in [6, 6.07) is 0. The maximum absolute atomic E-state index is 12.1. The number of nitrogens with zero attached hydrogens (tertiary/aromatic N) is 1. The summed E-state index contributed by atoms with van der Waals surface area (Å²) < 4.78 is 0. The molecular weight excluding hydrogens is 256 g/mol. The van der Waals surface area contributed by atoms with Crippen LogP contribution in [0.4, 0.5) is 0 Å². The maximum Gasteiger partial charge on any atom is 0.251 e. The van der Waals surface area contributed by atoms with Crippen LogP contribution in [-0.4, -0.2) is 47.6 Å². The number of aliphatic hydroxyl groups excluding tert-OH is 1. The molecule has 1 saturated heterocycles. The number of carbonyl (C=O) groups excluding carboxylic acids is 2. The number of rotatable bonds is 5. The van der Waals surface area contributed by atoms with Gasteiger partial charge in [0.25, 0.3) is 5.91 Å². The van der Waals surface area contributed by atoms with Gasteiger partial charge in [0.1, 0.15) is 6.10 Å². The van der Waals surface area contributed by atoms with Crippen LogP contribution in [-0.2, 0) is 9.59 Å². The third kappa shape index (κ3) is 4.34. The zero-order valence-corrected chi connectivity index (χ0v) is 12.7. The molecule has 0 unspecified atom stereocenters. The first-order valence-corrected chi connectivity index (χ1v) is 7.16. The Kier molecular flexibility index (Phi) is 5.74. The first kappa shape index (κ1) is 16.7. The van der Waals surface area contributed by atoms with Crippen molar-refractivity contribution < 1.29 is 14.7 Å². The summed E-state index contributed by atoms with van der Waals surface area (Å²) in [5.74, 6) is -0.417. The summed E-state index contributed by atoms with van der Waals surface area (Å²) in [5.41, 5.74) is -0.00175. The lowest BCUT2D eigenvalue weighted by molar-refractivity contribution is -0.144. The number of hydrogen-bond acceptors (Lipinski definition) is 3. The lowest BCUT2D eigenvalue weighted by atomic mass is 9.80. The van der Waals surface area contributed by atoms with Crippen molar-refractivity contribution in [3.05, 3.63) is 12.7 Å². The number of piperidine rings is 1. The molecule has 0 aliphatic carbocycles. The van der Waals surface area contributed by atoms with Gasteiger partial charge in [-0.15, -0.1) is 0 Å². The zero-order chi connectivity index (χ0) is 15.3. The maximum atomic E-state index is 12.1. The van der Waals surface area contributed by atoms with Gasteiger partial charge in [0.05, 0.1) is 0 Å². The molecular formula is C15H26N2O3. The first-order chi connectivity index (χ1) is 9.29. The second-order valence-corrected chi connectivity index (χ2v) is 6.25. The minimum Gasteiger partial charge on any atom is -0.383 e. The van der Waals surface area contributed by atoms with Crippen LogP contribution < -0.4 is 5.32 Å². The lowest BCUT2D eigenvalue weighted by Crippen LogP contribution is -2.49. The average molecular weight is 282 g/mol. The summed E-state index contributed by atoms with van der Waals surface area (Å²) in [4.78, 5) is 25.0. The highest BCUT2D eigenvalue weighted by molar-refractivity contribution is 5.86. The molecule has 1 rings (SSSR count). The number of carbonyl (C=O) groups is 2. The highest BCUT2D eigenvalue weighted by Gasteiger charge is 2.34. The van der Waals surface area contributed by atoms with Crippen LogP contribution >= 0.6 is 0 Å². The monoisotopic (exact) mass is 282 g/mol. The third-order valence-corrected chi connectivity index (χ3v) is 4.04. The number of aliphatic hydroxyl groups is 1. The summed E-state index contributed by atoms with van der Waals surface area (Å²) in [7, 11) is 0. The van der Waals surface area contributed by atoms with E-state index in [0.29, 0.717) is 19.6 Å². The van der Waals surface area contributed by atoms with Gasteiger partial charge < -0.3 is 15.3 Å². The van der Waals surface area contributed by atoms with Crippen molar-refractivity contribution in [2.75, 3.05) is 19.6 Å². The zero-order valence-electron chi connectivity index (χ0n) is 12.7. The highest BCUT2D eigenvalue weighted by Crippen LogP contribution is 2.30. The molecule has 2 N–H and O–H groups in total. The quantitative estimate of drug-likeness (QED) is 0.737. The van der Waals surface area contributed by atoms with Gasteiger partial charge in [-0.2, -0.15) is 0 Å². The van der Waals surface area contributed by atoms with Gasteiger partial charge in [0.15, 0.2) is 0 Å². The van der Waals surface area contributed by atoms with E-state index in [9.17, 15) is 14.7 Å². The molecule has 5 heteroatoms. The van der Waals surface area contributed by atoms with Gasteiger partial charge in [-0.3, -0.25) is 9.59 Å². The number of nitrogens with one attached hydrogen (secondary N) is 1. The topological polar surface area (TPSA) is 69.6 Å². The van der Waals surface area contributed by atoms with Crippen molar-refractivity contribution in [1.82, 2.24) is 10.2 Å². The third-order valence-electron chi connectivity index (χ3n) is 4.04. The molecule has 5 nitrogen and oxygen atoms in total. The Hall–Kier alpha value is -1.36. The summed E-state index contributed by atoms with van der Waals surface area (Å²) in [6.45, 7) is 11.0. The van der Waals surface area contributed by atoms with Gasteiger partial charge in [0, 0.05) is 19.6 Å². The van der Waals surface area contributed by atoms with Crippen molar-refractivity contribution in [3.8, 4) is 0 Å². The second-order valence-electron chi connectivity index (χ2n) is 6.25. The molecule has 0 radical (unpaired) electrons. The van der Waals surface area contributed by atoms with Crippen molar-refractivity contribution in [3.63, 3.8) is 0 Å². The van der Waals surface area contributed by atoms with E-state index in [0.717, 1.165) is 12.8 Å². The Balaban J connectivity index is 2.48. The van der Waals surface area contributed by atoms with E-state index in [1.807, 2.05) is 13.8 Å². The van der Waals surface area contributed by atoms with Crippen molar-refractivity contribution in [1.29, 1.82) is 0 Å². The molecule has 1 atom stereocenters. The summed E-state index contributed by atoms with van der Waals surface area (Å²) in [5, 5.41) is 12.6.